The molecule has 0 spiro atoms. The Labute approximate surface area is 302 Å². The second-order valence-electron chi connectivity index (χ2n) is 19.2. The maximum atomic E-state index is 14.0. The van der Waals surface area contributed by atoms with Gasteiger partial charge in [-0.05, 0) is 88.0 Å². The van der Waals surface area contributed by atoms with Crippen molar-refractivity contribution in [1.82, 2.24) is 0 Å². The molecule has 0 radical (unpaired) electrons. The van der Waals surface area contributed by atoms with Gasteiger partial charge in [-0.1, -0.05) is 122 Å². The highest BCUT2D eigenvalue weighted by molar-refractivity contribution is 7.80. The number of phenolic OH excluding ortho intramolecular Hbond substituents is 1. The Bertz CT molecular complexity index is 1650. The summed E-state index contributed by atoms with van der Waals surface area (Å²) < 4.78 is 12.7. The fourth-order valence-electron chi connectivity index (χ4n) is 6.14. The van der Waals surface area contributed by atoms with E-state index in [0.29, 0.717) is 39.5 Å². The number of carbonyl (C=O) groups is 1. The van der Waals surface area contributed by atoms with E-state index < -0.39 is 27.8 Å². The molecule has 5 nitrogen and oxygen atoms in total. The van der Waals surface area contributed by atoms with Crippen LogP contribution in [0.5, 0.6) is 11.5 Å². The Morgan fingerprint density at radius 2 is 1.29 bits per heavy atom. The minimum atomic E-state index is -1.08. The highest BCUT2D eigenvalue weighted by Gasteiger charge is 2.43. The van der Waals surface area contributed by atoms with Gasteiger partial charge in [0.15, 0.2) is 5.05 Å². The van der Waals surface area contributed by atoms with Gasteiger partial charge in [0.1, 0.15) is 18.1 Å². The van der Waals surface area contributed by atoms with Crippen molar-refractivity contribution in [2.24, 2.45) is 10.8 Å². The van der Waals surface area contributed by atoms with Crippen molar-refractivity contribution in [2.45, 2.75) is 153 Å². The second-order valence-corrected chi connectivity index (χ2v) is 19.6. The highest BCUT2D eigenvalue weighted by atomic mass is 32.1. The molecule has 0 saturated heterocycles. The van der Waals surface area contributed by atoms with E-state index in [1.54, 1.807) is 12.1 Å². The van der Waals surface area contributed by atoms with E-state index in [4.69, 9.17) is 21.7 Å². The van der Waals surface area contributed by atoms with Crippen molar-refractivity contribution >= 4 is 23.2 Å². The summed E-state index contributed by atoms with van der Waals surface area (Å²) in [6.45, 7) is 35.2. The molecule has 0 aliphatic heterocycles. The maximum absolute atomic E-state index is 14.0. The molecule has 49 heavy (non-hydrogen) atoms. The van der Waals surface area contributed by atoms with E-state index in [-0.39, 0.29) is 23.2 Å². The minimum absolute atomic E-state index is 0.151. The number of hydrogen-bond donors (Lipinski definition) is 2. The normalized spacial score (nSPS) is 17.8. The van der Waals surface area contributed by atoms with E-state index in [9.17, 15) is 15.0 Å². The maximum Gasteiger partial charge on any atom is 0.343 e. The number of benzene rings is 2. The number of hydrogen-bond acceptors (Lipinski definition) is 6. The molecule has 0 heterocycles. The van der Waals surface area contributed by atoms with Crippen LogP contribution >= 0.6 is 12.2 Å². The third kappa shape index (κ3) is 8.86. The van der Waals surface area contributed by atoms with Crippen molar-refractivity contribution in [3.05, 3.63) is 80.4 Å². The van der Waals surface area contributed by atoms with Crippen LogP contribution in [0.25, 0.3) is 0 Å². The first-order valence-electron chi connectivity index (χ1n) is 17.5. The lowest BCUT2D eigenvalue weighted by atomic mass is 9.66. The fraction of sp³-hybridized carbons (Fsp3) is 0.581. The average Bonchev–Trinajstić information content (AvgIpc) is 2.90. The van der Waals surface area contributed by atoms with Gasteiger partial charge in [-0.3, -0.25) is 0 Å². The number of thiocarbonyl (C=S) groups is 1. The summed E-state index contributed by atoms with van der Waals surface area (Å²) in [5, 5.41) is 23.4. The van der Waals surface area contributed by atoms with Crippen LogP contribution in [0.3, 0.4) is 0 Å². The van der Waals surface area contributed by atoms with Crippen LogP contribution in [0, 0.1) is 24.7 Å². The zero-order valence-electron chi connectivity index (χ0n) is 33.3. The Balaban J connectivity index is 2.08. The van der Waals surface area contributed by atoms with Crippen molar-refractivity contribution < 1.29 is 24.5 Å². The smallest absolute Gasteiger partial charge is 0.343 e. The van der Waals surface area contributed by atoms with Crippen LogP contribution in [-0.2, 0) is 27.6 Å². The summed E-state index contributed by atoms with van der Waals surface area (Å²) in [4.78, 5) is 14.0. The van der Waals surface area contributed by atoms with Crippen molar-refractivity contribution in [3.8, 4) is 11.5 Å². The predicted molar refractivity (Wildman–Crippen MR) is 207 cm³/mol. The predicted octanol–water partition coefficient (Wildman–Crippen LogP) is 11.0. The largest absolute Gasteiger partial charge is 0.507 e. The SMILES string of the molecule is Cc1cc(C(C)(C)C)c(OC(=O)c2cc(C(C)(C)C)c(O)c(C(C)(C)C)c2)c(C)c1COC(=S)C1=CC(O)(C(C)(C)C)CC(C(C)(C)C)=C1. The molecule has 1 aliphatic carbocycles. The number of carbonyl (C=O) groups excluding carboxylic acids is 1. The zero-order valence-corrected chi connectivity index (χ0v) is 34.1. The summed E-state index contributed by atoms with van der Waals surface area (Å²) in [5.41, 5.74) is 4.48. The van der Waals surface area contributed by atoms with Gasteiger partial charge in [0.05, 0.1) is 11.2 Å². The number of ether oxygens (including phenoxy) is 2. The van der Waals surface area contributed by atoms with Gasteiger partial charge < -0.3 is 19.7 Å². The lowest BCUT2D eigenvalue weighted by Crippen LogP contribution is -2.44. The third-order valence-corrected chi connectivity index (χ3v) is 10.2. The van der Waals surface area contributed by atoms with Crippen LogP contribution in [0.2, 0.25) is 0 Å². The molecule has 1 aliphatic rings. The van der Waals surface area contributed by atoms with Crippen LogP contribution in [0.15, 0.2) is 41.5 Å². The molecule has 1 unspecified atom stereocenters. The molecule has 2 aromatic carbocycles. The summed E-state index contributed by atoms with van der Waals surface area (Å²) in [5.74, 6) is 0.237. The van der Waals surface area contributed by atoms with Gasteiger partial charge in [0.2, 0.25) is 0 Å². The molecule has 0 fully saturated rings. The number of rotatable bonds is 5. The summed E-state index contributed by atoms with van der Waals surface area (Å²) in [6, 6.07) is 5.59. The van der Waals surface area contributed by atoms with Crippen LogP contribution in [0.1, 0.15) is 154 Å². The van der Waals surface area contributed by atoms with Gasteiger partial charge in [0, 0.05) is 28.7 Å². The number of phenols is 1. The summed E-state index contributed by atoms with van der Waals surface area (Å²) in [6.07, 6.45) is 4.45. The molecule has 270 valence electrons. The van der Waals surface area contributed by atoms with Gasteiger partial charge in [-0.15, -0.1) is 0 Å². The van der Waals surface area contributed by atoms with Gasteiger partial charge in [-0.25, -0.2) is 4.79 Å². The quantitative estimate of drug-likeness (QED) is 0.185. The van der Waals surface area contributed by atoms with E-state index >= 15 is 0 Å². The molecule has 3 rings (SSSR count). The van der Waals surface area contributed by atoms with Crippen LogP contribution in [0.4, 0.5) is 0 Å². The molecule has 0 bridgehead atoms. The second kappa shape index (κ2) is 13.3. The number of aliphatic hydroxyl groups is 1. The lowest BCUT2D eigenvalue weighted by Gasteiger charge is -2.43. The van der Waals surface area contributed by atoms with Crippen molar-refractivity contribution in [2.75, 3.05) is 0 Å². The third-order valence-electron chi connectivity index (χ3n) is 9.87. The molecule has 0 saturated carbocycles. The van der Waals surface area contributed by atoms with E-state index in [1.807, 2.05) is 82.2 Å². The van der Waals surface area contributed by atoms with Gasteiger partial charge in [-0.2, -0.15) is 0 Å². The fourth-order valence-corrected chi connectivity index (χ4v) is 6.32. The van der Waals surface area contributed by atoms with Gasteiger partial charge >= 0.3 is 5.97 Å². The monoisotopic (exact) mass is 690 g/mol. The molecule has 6 heteroatoms. The van der Waals surface area contributed by atoms with Gasteiger partial charge in [0.25, 0.3) is 0 Å². The molecule has 2 aromatic rings. The first kappa shape index (κ1) is 40.5. The molecular formula is C43H62O5S. The molecule has 2 N–H and O–H groups in total. The average molecular weight is 691 g/mol. The Hall–Kier alpha value is -2.96. The van der Waals surface area contributed by atoms with Crippen molar-refractivity contribution in [3.63, 3.8) is 0 Å². The Morgan fingerprint density at radius 1 is 0.796 bits per heavy atom. The molecule has 1 atom stereocenters. The van der Waals surface area contributed by atoms with E-state index in [0.717, 1.165) is 27.8 Å². The minimum Gasteiger partial charge on any atom is -0.507 e. The molecular weight excluding hydrogens is 629 g/mol. The van der Waals surface area contributed by atoms with E-state index in [2.05, 4.69) is 53.7 Å². The highest BCUT2D eigenvalue weighted by Crippen LogP contribution is 2.46. The lowest BCUT2D eigenvalue weighted by molar-refractivity contribution is -0.0178. The Morgan fingerprint density at radius 3 is 1.71 bits per heavy atom. The first-order valence-corrected chi connectivity index (χ1v) is 17.9. The standard InChI is InChI=1S/C43H62O5S/c1-25-18-33(41(12,13)14)35(48-36(45)27-20-31(39(6,7)8)34(44)32(21-27)40(9,10)11)26(2)30(25)24-47-37(49)28-19-29(38(3,4)5)23-43(46,22-28)42(15,16)17/h18-22,44,46H,23-24H2,1-17H3. The van der Waals surface area contributed by atoms with E-state index in [1.165, 1.54) is 0 Å². The topological polar surface area (TPSA) is 76.0 Å². The number of esters is 1. The number of aryl methyl sites for hydroxylation is 1. The van der Waals surface area contributed by atoms with Crippen LogP contribution < -0.4 is 4.74 Å². The number of aromatic hydroxyl groups is 1. The summed E-state index contributed by atoms with van der Waals surface area (Å²) in [7, 11) is 0. The molecule has 0 amide bonds. The zero-order chi connectivity index (χ0) is 37.9. The van der Waals surface area contributed by atoms with Crippen molar-refractivity contribution in [1.29, 1.82) is 0 Å². The summed E-state index contributed by atoms with van der Waals surface area (Å²) >= 11 is 5.86. The van der Waals surface area contributed by atoms with Crippen LogP contribution in [-0.4, -0.2) is 26.8 Å². The first-order chi connectivity index (χ1) is 21.9. The Kier molecular flexibility index (Phi) is 11.0. The molecule has 0 aromatic heterocycles.